The quantitative estimate of drug-likeness (QED) is 0.0297. The molecule has 1 rings (SSSR count). The smallest absolute Gasteiger partial charge is 0.393 e. The number of hydrogen-bond acceptors (Lipinski definition) is 11. The number of carbonyl (C=O) groups excluding carboxylic acids is 1. The number of carbonyl (C=O) groups is 1. The summed E-state index contributed by atoms with van der Waals surface area (Å²) in [6.45, 7) is 3.57. The Morgan fingerprint density at radius 2 is 1.18 bits per heavy atom. The van der Waals surface area contributed by atoms with Gasteiger partial charge in [0.1, 0.15) is 36.6 Å². The van der Waals surface area contributed by atoms with Crippen LogP contribution in [0, 0.1) is 0 Å². The van der Waals surface area contributed by atoms with Crippen LogP contribution in [0.5, 0.6) is 0 Å². The van der Waals surface area contributed by atoms with Crippen molar-refractivity contribution < 1.29 is 59.0 Å². The molecule has 1 fully saturated rings. The Bertz CT molecular complexity index is 1030. The molecule has 0 aromatic rings. The minimum Gasteiger partial charge on any atom is -0.393 e. The van der Waals surface area contributed by atoms with Gasteiger partial charge in [0, 0.05) is 0 Å². The summed E-state index contributed by atoms with van der Waals surface area (Å²) in [6.07, 6.45) is 14.3. The van der Waals surface area contributed by atoms with Crippen LogP contribution in [0.2, 0.25) is 0 Å². The summed E-state index contributed by atoms with van der Waals surface area (Å²) in [4.78, 5) is 23.2. The third kappa shape index (κ3) is 21.1. The van der Waals surface area contributed by atoms with E-state index in [0.29, 0.717) is 12.8 Å². The number of allylic oxidation sites excluding steroid dienone is 5. The maximum Gasteiger partial charge on any atom is 0.472 e. The van der Waals surface area contributed by atoms with E-state index in [1.54, 1.807) is 6.08 Å². The highest BCUT2D eigenvalue weighted by molar-refractivity contribution is 7.47. The van der Waals surface area contributed by atoms with E-state index in [9.17, 15) is 50.0 Å². The minimum atomic E-state index is -5.13. The minimum absolute atomic E-state index is 0.260. The Kier molecular flexibility index (Phi) is 26.1. The molecule has 1 aliphatic carbocycles. The van der Waals surface area contributed by atoms with Crippen LogP contribution in [0.25, 0.3) is 0 Å². The number of unbranched alkanes of at least 4 members (excludes halogenated alkanes) is 12. The lowest BCUT2D eigenvalue weighted by atomic mass is 9.85. The van der Waals surface area contributed by atoms with E-state index in [1.165, 1.54) is 31.8 Å². The molecule has 13 nitrogen and oxygen atoms in total. The van der Waals surface area contributed by atoms with Gasteiger partial charge in [0.2, 0.25) is 5.91 Å². The SMILES string of the molecule is CCCC/C=C/CC/C=C/C(O)C(COP(=O)(O)OC1C(O)C(O)C(O)C(O)C1O)NC(=O)CC(O)CCCCCCC/C=C\CCCCCC. The van der Waals surface area contributed by atoms with Gasteiger partial charge < -0.3 is 46.0 Å². The molecule has 0 heterocycles. The Morgan fingerprint density at radius 1 is 0.686 bits per heavy atom. The van der Waals surface area contributed by atoms with Crippen molar-refractivity contribution >= 4 is 13.7 Å². The number of rotatable bonds is 29. The molecule has 1 amide bonds. The fourth-order valence-corrected chi connectivity index (χ4v) is 6.67. The Labute approximate surface area is 305 Å². The Morgan fingerprint density at radius 3 is 1.78 bits per heavy atom. The number of phosphoric acid groups is 1. The van der Waals surface area contributed by atoms with Crippen LogP contribution in [-0.4, -0.2) is 108 Å². The number of aliphatic hydroxyl groups is 7. The van der Waals surface area contributed by atoms with Crippen LogP contribution in [0.4, 0.5) is 0 Å². The Hall–Kier alpha value is -1.48. The molecule has 0 bridgehead atoms. The molecule has 0 spiro atoms. The molecule has 51 heavy (non-hydrogen) atoms. The van der Waals surface area contributed by atoms with E-state index in [0.717, 1.165) is 70.6 Å². The van der Waals surface area contributed by atoms with E-state index in [2.05, 4.69) is 37.4 Å². The molecule has 14 heteroatoms. The van der Waals surface area contributed by atoms with Crippen LogP contribution in [0.1, 0.15) is 129 Å². The van der Waals surface area contributed by atoms with Crippen molar-refractivity contribution in [2.75, 3.05) is 6.61 Å². The average molecular weight is 750 g/mol. The fraction of sp³-hybridized carbons (Fsp3) is 0.811. The molecule has 0 aromatic carbocycles. The summed E-state index contributed by atoms with van der Waals surface area (Å²) < 4.78 is 22.6. The number of phosphoric ester groups is 1. The molecule has 0 saturated heterocycles. The monoisotopic (exact) mass is 749 g/mol. The first-order chi connectivity index (χ1) is 24.3. The van der Waals surface area contributed by atoms with Gasteiger partial charge in [-0.1, -0.05) is 108 Å². The molecule has 1 aliphatic rings. The average Bonchev–Trinajstić information content (AvgIpc) is 3.09. The molecule has 8 unspecified atom stereocenters. The van der Waals surface area contributed by atoms with Crippen molar-refractivity contribution in [1.82, 2.24) is 5.32 Å². The highest BCUT2D eigenvalue weighted by Crippen LogP contribution is 2.47. The van der Waals surface area contributed by atoms with Crippen molar-refractivity contribution in [2.24, 2.45) is 0 Å². The Balaban J connectivity index is 2.64. The number of nitrogens with one attached hydrogen (secondary N) is 1. The standard InChI is InChI=1S/C37H68NO12P/c1-3-5-7-9-11-13-14-15-16-17-18-20-22-24-28(39)26-31(41)38-29(30(40)25-23-21-19-12-10-8-6-4-2)27-49-51(47,48)50-37-35(45)33(43)32(42)34(44)36(37)46/h10,12-14,23,25,28-30,32-37,39-40,42-46H,3-9,11,15-22,24,26-27H2,1-2H3,(H,38,41)(H,47,48)/b12-10+,14-13-,25-23+. The second-order valence-electron chi connectivity index (χ2n) is 13.6. The molecule has 298 valence electrons. The van der Waals surface area contributed by atoms with Crippen molar-refractivity contribution in [1.29, 1.82) is 0 Å². The van der Waals surface area contributed by atoms with E-state index in [1.807, 2.05) is 6.08 Å². The van der Waals surface area contributed by atoms with Gasteiger partial charge in [-0.15, -0.1) is 0 Å². The van der Waals surface area contributed by atoms with Gasteiger partial charge in [-0.2, -0.15) is 0 Å². The van der Waals surface area contributed by atoms with Gasteiger partial charge >= 0.3 is 7.82 Å². The zero-order valence-electron chi connectivity index (χ0n) is 30.8. The fourth-order valence-electron chi connectivity index (χ4n) is 5.70. The summed E-state index contributed by atoms with van der Waals surface area (Å²) in [7, 11) is -5.13. The first-order valence-electron chi connectivity index (χ1n) is 19.0. The topological polar surface area (TPSA) is 226 Å². The largest absolute Gasteiger partial charge is 0.472 e. The van der Waals surface area contributed by atoms with Crippen LogP contribution >= 0.6 is 7.82 Å². The van der Waals surface area contributed by atoms with Gasteiger partial charge in [0.25, 0.3) is 0 Å². The highest BCUT2D eigenvalue weighted by Gasteiger charge is 2.51. The number of amides is 1. The van der Waals surface area contributed by atoms with Crippen LogP contribution < -0.4 is 5.32 Å². The molecular formula is C37H68NO12P. The zero-order valence-corrected chi connectivity index (χ0v) is 31.6. The van der Waals surface area contributed by atoms with E-state index < -0.39 is 75.2 Å². The third-order valence-corrected chi connectivity index (χ3v) is 9.93. The predicted octanol–water partition coefficient (Wildman–Crippen LogP) is 4.24. The normalized spacial score (nSPS) is 25.8. The van der Waals surface area contributed by atoms with Crippen molar-refractivity contribution in [2.45, 2.75) is 184 Å². The molecule has 1 saturated carbocycles. The lowest BCUT2D eigenvalue weighted by molar-refractivity contribution is -0.220. The third-order valence-electron chi connectivity index (χ3n) is 8.95. The summed E-state index contributed by atoms with van der Waals surface area (Å²) in [6, 6.07) is -1.25. The first-order valence-corrected chi connectivity index (χ1v) is 20.5. The van der Waals surface area contributed by atoms with Gasteiger partial charge in [0.05, 0.1) is 31.3 Å². The number of aliphatic hydroxyl groups excluding tert-OH is 7. The first kappa shape index (κ1) is 47.5. The van der Waals surface area contributed by atoms with Crippen LogP contribution in [0.3, 0.4) is 0 Å². The molecular weight excluding hydrogens is 681 g/mol. The predicted molar refractivity (Wildman–Crippen MR) is 197 cm³/mol. The summed E-state index contributed by atoms with van der Waals surface area (Å²) in [5, 5.41) is 73.8. The number of hydrogen-bond donors (Lipinski definition) is 9. The lowest BCUT2D eigenvalue weighted by Crippen LogP contribution is -2.64. The molecule has 0 aliphatic heterocycles. The lowest BCUT2D eigenvalue weighted by Gasteiger charge is -2.41. The molecule has 8 atom stereocenters. The van der Waals surface area contributed by atoms with Crippen LogP contribution in [-0.2, 0) is 18.4 Å². The van der Waals surface area contributed by atoms with E-state index in [4.69, 9.17) is 9.05 Å². The highest BCUT2D eigenvalue weighted by atomic mass is 31.2. The van der Waals surface area contributed by atoms with Gasteiger partial charge in [0.15, 0.2) is 0 Å². The maximum atomic E-state index is 12.8. The maximum absolute atomic E-state index is 12.8. The van der Waals surface area contributed by atoms with Gasteiger partial charge in [-0.3, -0.25) is 13.8 Å². The van der Waals surface area contributed by atoms with Gasteiger partial charge in [-0.25, -0.2) is 4.57 Å². The van der Waals surface area contributed by atoms with Crippen molar-refractivity contribution in [3.05, 3.63) is 36.5 Å². The van der Waals surface area contributed by atoms with Crippen LogP contribution in [0.15, 0.2) is 36.5 Å². The summed E-state index contributed by atoms with van der Waals surface area (Å²) in [5.41, 5.74) is 0. The van der Waals surface area contributed by atoms with Crippen molar-refractivity contribution in [3.8, 4) is 0 Å². The molecule has 0 radical (unpaired) electrons. The van der Waals surface area contributed by atoms with Gasteiger partial charge in [-0.05, 0) is 51.4 Å². The molecule has 0 aromatic heterocycles. The summed E-state index contributed by atoms with van der Waals surface area (Å²) >= 11 is 0. The van der Waals surface area contributed by atoms with E-state index >= 15 is 0 Å². The second kappa shape index (κ2) is 28.0. The molecule has 9 N–H and O–H groups in total. The van der Waals surface area contributed by atoms with Crippen molar-refractivity contribution in [3.63, 3.8) is 0 Å². The van der Waals surface area contributed by atoms with E-state index in [-0.39, 0.29) is 6.42 Å². The summed E-state index contributed by atoms with van der Waals surface area (Å²) in [5.74, 6) is -0.615. The second-order valence-corrected chi connectivity index (χ2v) is 15.0. The zero-order chi connectivity index (χ0) is 38.1.